The highest BCUT2D eigenvalue weighted by molar-refractivity contribution is 7.18. The van der Waals surface area contributed by atoms with Crippen molar-refractivity contribution in [2.75, 3.05) is 0 Å². The maximum Gasteiger partial charge on any atom is 0.207 e. The van der Waals surface area contributed by atoms with Gasteiger partial charge in [0.1, 0.15) is 0 Å². The molecule has 6 heteroatoms. The fraction of sp³-hybridized carbons (Fsp3) is 0.167. The van der Waals surface area contributed by atoms with Crippen molar-refractivity contribution in [3.05, 3.63) is 16.7 Å². The lowest BCUT2D eigenvalue weighted by atomic mass is 10.4. The lowest BCUT2D eigenvalue weighted by molar-refractivity contribution is 0.774. The number of hydrogen-bond donors (Lipinski definition) is 0. The first-order chi connectivity index (χ1) is 5.77. The number of rotatable bonds is 1. The van der Waals surface area contributed by atoms with Crippen molar-refractivity contribution in [1.82, 2.24) is 20.0 Å². The molecule has 0 saturated heterocycles. The Labute approximate surface area is 77.8 Å². The third kappa shape index (κ3) is 1.21. The number of halogens is 1. The molecular weight excluding hydrogens is 196 g/mol. The molecule has 4 nitrogen and oxygen atoms in total. The third-order valence-corrected chi connectivity index (χ3v) is 2.48. The molecule has 2 aromatic heterocycles. The van der Waals surface area contributed by atoms with Gasteiger partial charge in [0, 0.05) is 13.2 Å². The second-order valence-corrected chi connectivity index (χ2v) is 3.76. The van der Waals surface area contributed by atoms with E-state index in [-0.39, 0.29) is 0 Å². The van der Waals surface area contributed by atoms with Gasteiger partial charge in [-0.15, -0.1) is 10.2 Å². The fourth-order valence-electron chi connectivity index (χ4n) is 0.893. The predicted octanol–water partition coefficient (Wildman–Crippen LogP) is 1.59. The summed E-state index contributed by atoms with van der Waals surface area (Å²) in [5.74, 6) is 0. The van der Waals surface area contributed by atoms with Crippen LogP contribution in [0.4, 0.5) is 0 Å². The zero-order valence-electron chi connectivity index (χ0n) is 6.23. The number of aryl methyl sites for hydroxylation is 1. The molecule has 0 atom stereocenters. The van der Waals surface area contributed by atoms with Crippen molar-refractivity contribution in [3.8, 4) is 10.7 Å². The van der Waals surface area contributed by atoms with E-state index in [2.05, 4.69) is 15.3 Å². The minimum absolute atomic E-state index is 0.450. The van der Waals surface area contributed by atoms with Gasteiger partial charge in [-0.25, -0.2) is 0 Å². The standard InChI is InChI=1S/C6H5ClN4S/c1-11-4(2-3-8-11)5-9-10-6(7)12-5/h2-3H,1H3. The van der Waals surface area contributed by atoms with E-state index in [1.807, 2.05) is 13.1 Å². The minimum atomic E-state index is 0.450. The molecule has 0 aromatic carbocycles. The summed E-state index contributed by atoms with van der Waals surface area (Å²) in [6.07, 6.45) is 1.71. The van der Waals surface area contributed by atoms with Gasteiger partial charge in [0.15, 0.2) is 5.01 Å². The second-order valence-electron chi connectivity index (χ2n) is 2.20. The lowest BCUT2D eigenvalue weighted by Gasteiger charge is -1.93. The molecule has 0 aliphatic rings. The molecule has 0 radical (unpaired) electrons. The van der Waals surface area contributed by atoms with Crippen LogP contribution in [0.15, 0.2) is 12.3 Å². The molecule has 12 heavy (non-hydrogen) atoms. The van der Waals surface area contributed by atoms with Crippen LogP contribution in [0.5, 0.6) is 0 Å². The van der Waals surface area contributed by atoms with Gasteiger partial charge in [0.2, 0.25) is 4.47 Å². The van der Waals surface area contributed by atoms with Gasteiger partial charge in [-0.05, 0) is 17.7 Å². The highest BCUT2D eigenvalue weighted by atomic mass is 35.5. The van der Waals surface area contributed by atoms with Crippen molar-refractivity contribution in [2.45, 2.75) is 0 Å². The molecule has 0 saturated carbocycles. The molecule has 62 valence electrons. The summed E-state index contributed by atoms with van der Waals surface area (Å²) < 4.78 is 2.18. The molecule has 0 aliphatic heterocycles. The van der Waals surface area contributed by atoms with E-state index in [1.54, 1.807) is 10.9 Å². The Morgan fingerprint density at radius 3 is 2.83 bits per heavy atom. The molecule has 0 unspecified atom stereocenters. The first kappa shape index (κ1) is 7.70. The Balaban J connectivity index is 2.50. The van der Waals surface area contributed by atoms with Crippen molar-refractivity contribution in [2.24, 2.45) is 7.05 Å². The maximum absolute atomic E-state index is 5.64. The topological polar surface area (TPSA) is 43.6 Å². The minimum Gasteiger partial charge on any atom is -0.265 e. The summed E-state index contributed by atoms with van der Waals surface area (Å²) in [7, 11) is 1.85. The van der Waals surface area contributed by atoms with Crippen LogP contribution < -0.4 is 0 Å². The lowest BCUT2D eigenvalue weighted by Crippen LogP contribution is -1.92. The summed E-state index contributed by atoms with van der Waals surface area (Å²) in [5, 5.41) is 12.4. The first-order valence-corrected chi connectivity index (χ1v) is 4.44. The summed E-state index contributed by atoms with van der Waals surface area (Å²) >= 11 is 6.99. The average molecular weight is 201 g/mol. The van der Waals surface area contributed by atoms with Crippen molar-refractivity contribution < 1.29 is 0 Å². The van der Waals surface area contributed by atoms with Crippen LogP contribution in [0.3, 0.4) is 0 Å². The summed E-state index contributed by atoms with van der Waals surface area (Å²) in [4.78, 5) is 0. The number of aromatic nitrogens is 4. The largest absolute Gasteiger partial charge is 0.265 e. The Morgan fingerprint density at radius 2 is 2.33 bits per heavy atom. The highest BCUT2D eigenvalue weighted by Crippen LogP contribution is 2.24. The zero-order valence-corrected chi connectivity index (χ0v) is 7.80. The smallest absolute Gasteiger partial charge is 0.207 e. The second kappa shape index (κ2) is 2.84. The number of nitrogens with zero attached hydrogens (tertiary/aromatic N) is 4. The molecule has 2 rings (SSSR count). The molecule has 0 N–H and O–H groups in total. The fourth-order valence-corrected chi connectivity index (χ4v) is 1.78. The SMILES string of the molecule is Cn1nccc1-c1nnc(Cl)s1. The van der Waals surface area contributed by atoms with E-state index in [1.165, 1.54) is 11.3 Å². The van der Waals surface area contributed by atoms with Gasteiger partial charge in [-0.3, -0.25) is 4.68 Å². The van der Waals surface area contributed by atoms with Gasteiger partial charge >= 0.3 is 0 Å². The van der Waals surface area contributed by atoms with E-state index in [4.69, 9.17) is 11.6 Å². The van der Waals surface area contributed by atoms with Crippen molar-refractivity contribution in [1.29, 1.82) is 0 Å². The first-order valence-electron chi connectivity index (χ1n) is 3.25. The Bertz CT molecular complexity index is 394. The quantitative estimate of drug-likeness (QED) is 0.702. The van der Waals surface area contributed by atoms with Crippen LogP contribution in [0.1, 0.15) is 0 Å². The van der Waals surface area contributed by atoms with Crippen LogP contribution in [-0.2, 0) is 7.05 Å². The van der Waals surface area contributed by atoms with E-state index >= 15 is 0 Å². The van der Waals surface area contributed by atoms with Gasteiger partial charge in [0.05, 0.1) is 5.69 Å². The molecule has 0 aliphatic carbocycles. The maximum atomic E-state index is 5.64. The van der Waals surface area contributed by atoms with Crippen molar-refractivity contribution >= 4 is 22.9 Å². The van der Waals surface area contributed by atoms with Crippen LogP contribution in [0, 0.1) is 0 Å². The van der Waals surface area contributed by atoms with Gasteiger partial charge in [-0.2, -0.15) is 5.10 Å². The Morgan fingerprint density at radius 1 is 1.50 bits per heavy atom. The molecule has 0 bridgehead atoms. The normalized spacial score (nSPS) is 10.5. The summed E-state index contributed by atoms with van der Waals surface area (Å²) in [5.41, 5.74) is 0.930. The van der Waals surface area contributed by atoms with E-state index in [9.17, 15) is 0 Å². The van der Waals surface area contributed by atoms with Crippen LogP contribution in [-0.4, -0.2) is 20.0 Å². The van der Waals surface area contributed by atoms with Gasteiger partial charge in [-0.1, -0.05) is 11.3 Å². The Kier molecular flexibility index (Phi) is 1.82. The van der Waals surface area contributed by atoms with E-state index in [0.29, 0.717) is 4.47 Å². The van der Waals surface area contributed by atoms with Crippen LogP contribution in [0.2, 0.25) is 4.47 Å². The molecule has 0 amide bonds. The van der Waals surface area contributed by atoms with Crippen LogP contribution in [0.25, 0.3) is 10.7 Å². The van der Waals surface area contributed by atoms with E-state index < -0.39 is 0 Å². The van der Waals surface area contributed by atoms with Crippen LogP contribution >= 0.6 is 22.9 Å². The molecule has 0 fully saturated rings. The summed E-state index contributed by atoms with van der Waals surface area (Å²) in [6.45, 7) is 0. The average Bonchev–Trinajstić information content (AvgIpc) is 2.58. The van der Waals surface area contributed by atoms with E-state index in [0.717, 1.165) is 10.7 Å². The molecule has 2 heterocycles. The Hall–Kier alpha value is -0.940. The zero-order chi connectivity index (χ0) is 8.55. The molecular formula is C6H5ClN4S. The predicted molar refractivity (Wildman–Crippen MR) is 47.1 cm³/mol. The highest BCUT2D eigenvalue weighted by Gasteiger charge is 2.07. The molecule has 2 aromatic rings. The third-order valence-electron chi connectivity index (χ3n) is 1.44. The molecule has 0 spiro atoms. The summed E-state index contributed by atoms with van der Waals surface area (Å²) in [6, 6.07) is 1.87. The number of hydrogen-bond acceptors (Lipinski definition) is 4. The monoisotopic (exact) mass is 200 g/mol. The van der Waals surface area contributed by atoms with Gasteiger partial charge < -0.3 is 0 Å². The van der Waals surface area contributed by atoms with Crippen molar-refractivity contribution in [3.63, 3.8) is 0 Å². The van der Waals surface area contributed by atoms with Gasteiger partial charge in [0.25, 0.3) is 0 Å².